The highest BCUT2D eigenvalue weighted by Gasteiger charge is 2.20. The van der Waals surface area contributed by atoms with Crippen LogP contribution in [0.5, 0.6) is 0 Å². The van der Waals surface area contributed by atoms with Crippen LogP contribution in [0, 0.1) is 11.3 Å². The van der Waals surface area contributed by atoms with Crippen molar-refractivity contribution in [3.63, 3.8) is 0 Å². The Labute approximate surface area is 117 Å². The van der Waals surface area contributed by atoms with E-state index in [9.17, 15) is 8.42 Å². The van der Waals surface area contributed by atoms with Gasteiger partial charge in [-0.25, -0.2) is 8.42 Å². The number of thiophene rings is 1. The largest absolute Gasteiger partial charge is 0.278 e. The Kier molecular flexibility index (Phi) is 3.71. The minimum Gasteiger partial charge on any atom is -0.278 e. The van der Waals surface area contributed by atoms with Crippen LogP contribution in [-0.4, -0.2) is 8.42 Å². The van der Waals surface area contributed by atoms with Gasteiger partial charge in [-0.3, -0.25) is 4.72 Å². The zero-order valence-electron chi connectivity index (χ0n) is 8.92. The second-order valence-electron chi connectivity index (χ2n) is 3.32. The number of nitrogens with one attached hydrogen (secondary N) is 1. The minimum atomic E-state index is -3.66. The van der Waals surface area contributed by atoms with Crippen molar-refractivity contribution in [2.75, 3.05) is 4.72 Å². The summed E-state index contributed by atoms with van der Waals surface area (Å²) < 4.78 is 27.3. The van der Waals surface area contributed by atoms with Crippen LogP contribution in [0.3, 0.4) is 0 Å². The Morgan fingerprint density at radius 2 is 2.00 bits per heavy atom. The molecule has 0 aliphatic heterocycles. The summed E-state index contributed by atoms with van der Waals surface area (Å²) >= 11 is 4.29. The summed E-state index contributed by atoms with van der Waals surface area (Å²) in [7, 11) is -3.66. The third-order valence-electron chi connectivity index (χ3n) is 2.12. The van der Waals surface area contributed by atoms with Gasteiger partial charge in [0.25, 0.3) is 10.0 Å². The number of anilines is 1. The molecule has 0 aliphatic rings. The molecule has 2 aromatic rings. The van der Waals surface area contributed by atoms with E-state index in [0.717, 1.165) is 11.3 Å². The first-order valence-electron chi connectivity index (χ1n) is 4.79. The number of halogens is 1. The number of para-hydroxylation sites is 1. The molecule has 1 aromatic heterocycles. The van der Waals surface area contributed by atoms with Gasteiger partial charge in [0.05, 0.1) is 11.3 Å². The maximum atomic E-state index is 12.1. The molecule has 1 N–H and O–H groups in total. The number of sulfonamides is 1. The third-order valence-corrected chi connectivity index (χ3v) is 6.16. The summed E-state index contributed by atoms with van der Waals surface area (Å²) in [5, 5.41) is 10.6. The fourth-order valence-corrected chi connectivity index (χ4v) is 4.75. The Bertz CT molecular complexity index is 717. The van der Waals surface area contributed by atoms with Gasteiger partial charge in [0.15, 0.2) is 4.21 Å². The van der Waals surface area contributed by atoms with Crippen LogP contribution in [0.25, 0.3) is 0 Å². The monoisotopic (exact) mass is 342 g/mol. The molecule has 1 heterocycles. The molecule has 4 nitrogen and oxygen atoms in total. The van der Waals surface area contributed by atoms with E-state index in [1.165, 1.54) is 0 Å². The molecule has 0 saturated carbocycles. The van der Waals surface area contributed by atoms with Crippen molar-refractivity contribution in [2.45, 2.75) is 4.21 Å². The Hall–Kier alpha value is -1.36. The lowest BCUT2D eigenvalue weighted by Crippen LogP contribution is -2.12. The van der Waals surface area contributed by atoms with Crippen molar-refractivity contribution in [2.24, 2.45) is 0 Å². The fraction of sp³-hybridized carbons (Fsp3) is 0. The van der Waals surface area contributed by atoms with Crippen LogP contribution in [-0.2, 0) is 10.0 Å². The van der Waals surface area contributed by atoms with Crippen molar-refractivity contribution in [3.05, 3.63) is 45.7 Å². The topological polar surface area (TPSA) is 70.0 Å². The smallest absolute Gasteiger partial charge is 0.272 e. The van der Waals surface area contributed by atoms with E-state index in [-0.39, 0.29) is 15.5 Å². The zero-order chi connectivity index (χ0) is 13.2. The summed E-state index contributed by atoms with van der Waals surface area (Å²) in [5.74, 6) is 0. The first-order chi connectivity index (χ1) is 8.54. The predicted molar refractivity (Wildman–Crippen MR) is 74.0 cm³/mol. The molecule has 2 rings (SSSR count). The van der Waals surface area contributed by atoms with Gasteiger partial charge >= 0.3 is 0 Å². The van der Waals surface area contributed by atoms with Crippen molar-refractivity contribution < 1.29 is 8.42 Å². The molecule has 0 radical (unpaired) electrons. The van der Waals surface area contributed by atoms with Crippen LogP contribution in [0.1, 0.15) is 5.56 Å². The van der Waals surface area contributed by atoms with E-state index >= 15 is 0 Å². The second kappa shape index (κ2) is 5.10. The fourth-order valence-electron chi connectivity index (χ4n) is 1.33. The van der Waals surface area contributed by atoms with E-state index < -0.39 is 10.0 Å². The molecule has 0 aliphatic carbocycles. The van der Waals surface area contributed by atoms with Crippen molar-refractivity contribution in [1.82, 2.24) is 0 Å². The maximum Gasteiger partial charge on any atom is 0.272 e. The molecular weight excluding hydrogens is 336 g/mol. The number of nitrogens with zero attached hydrogens (tertiary/aromatic N) is 1. The molecule has 0 spiro atoms. The van der Waals surface area contributed by atoms with Crippen LogP contribution >= 0.6 is 27.3 Å². The second-order valence-corrected chi connectivity index (χ2v) is 6.97. The summed E-state index contributed by atoms with van der Waals surface area (Å²) in [6, 6.07) is 10.1. The van der Waals surface area contributed by atoms with Crippen LogP contribution in [0.15, 0.2) is 44.4 Å². The molecule has 0 atom stereocenters. The van der Waals surface area contributed by atoms with Gasteiger partial charge in [-0.05, 0) is 39.5 Å². The van der Waals surface area contributed by atoms with Gasteiger partial charge in [0.2, 0.25) is 0 Å². The van der Waals surface area contributed by atoms with Crippen molar-refractivity contribution in [1.29, 1.82) is 5.26 Å². The first kappa shape index (κ1) is 13.1. The normalized spacial score (nSPS) is 10.9. The molecular formula is C11H7BrN2O2S2. The van der Waals surface area contributed by atoms with E-state index in [2.05, 4.69) is 20.7 Å². The Morgan fingerprint density at radius 3 is 2.61 bits per heavy atom. The molecule has 0 saturated heterocycles. The Morgan fingerprint density at radius 1 is 1.28 bits per heavy atom. The van der Waals surface area contributed by atoms with Crippen LogP contribution < -0.4 is 4.72 Å². The molecule has 92 valence electrons. The van der Waals surface area contributed by atoms with E-state index in [1.54, 1.807) is 35.7 Å². The van der Waals surface area contributed by atoms with E-state index in [0.29, 0.717) is 4.47 Å². The SMILES string of the molecule is N#Cc1ccccc1NS(=O)(=O)c1sccc1Br. The average molecular weight is 343 g/mol. The van der Waals surface area contributed by atoms with Gasteiger partial charge in [-0.1, -0.05) is 12.1 Å². The molecule has 0 bridgehead atoms. The number of rotatable bonds is 3. The highest BCUT2D eigenvalue weighted by atomic mass is 79.9. The summed E-state index contributed by atoms with van der Waals surface area (Å²) in [4.78, 5) is 0. The molecule has 7 heteroatoms. The van der Waals surface area contributed by atoms with Gasteiger partial charge in [0.1, 0.15) is 6.07 Å². The average Bonchev–Trinajstić information content (AvgIpc) is 2.76. The number of hydrogen-bond acceptors (Lipinski definition) is 4. The Balaban J connectivity index is 2.41. The molecule has 18 heavy (non-hydrogen) atoms. The molecule has 1 aromatic carbocycles. The lowest BCUT2D eigenvalue weighted by molar-refractivity contribution is 0.603. The lowest BCUT2D eigenvalue weighted by Gasteiger charge is -2.08. The van der Waals surface area contributed by atoms with Crippen LogP contribution in [0.4, 0.5) is 5.69 Å². The van der Waals surface area contributed by atoms with Gasteiger partial charge in [0, 0.05) is 4.47 Å². The molecule has 0 amide bonds. The number of benzene rings is 1. The maximum absolute atomic E-state index is 12.1. The van der Waals surface area contributed by atoms with Gasteiger partial charge in [-0.15, -0.1) is 11.3 Å². The number of nitriles is 1. The van der Waals surface area contributed by atoms with Gasteiger partial charge in [-0.2, -0.15) is 5.26 Å². The van der Waals surface area contributed by atoms with Crippen molar-refractivity contribution >= 4 is 43.0 Å². The highest BCUT2D eigenvalue weighted by molar-refractivity contribution is 9.10. The van der Waals surface area contributed by atoms with E-state index in [4.69, 9.17) is 5.26 Å². The van der Waals surface area contributed by atoms with Crippen molar-refractivity contribution in [3.8, 4) is 6.07 Å². The lowest BCUT2D eigenvalue weighted by atomic mass is 10.2. The molecule has 0 fully saturated rings. The van der Waals surface area contributed by atoms with Gasteiger partial charge < -0.3 is 0 Å². The quantitative estimate of drug-likeness (QED) is 0.931. The standard InChI is InChI=1S/C11H7BrN2O2S2/c12-9-5-6-17-11(9)18(15,16)14-10-4-2-1-3-8(10)7-13/h1-6,14H. The minimum absolute atomic E-state index is 0.190. The highest BCUT2D eigenvalue weighted by Crippen LogP contribution is 2.29. The summed E-state index contributed by atoms with van der Waals surface area (Å²) in [6.45, 7) is 0. The zero-order valence-corrected chi connectivity index (χ0v) is 12.1. The van der Waals surface area contributed by atoms with Crippen LogP contribution in [0.2, 0.25) is 0 Å². The summed E-state index contributed by atoms with van der Waals surface area (Å²) in [5.41, 5.74) is 0.564. The molecule has 0 unspecified atom stereocenters. The predicted octanol–water partition coefficient (Wildman–Crippen LogP) is 3.18. The van der Waals surface area contributed by atoms with E-state index in [1.807, 2.05) is 6.07 Å². The first-order valence-corrected chi connectivity index (χ1v) is 7.95. The summed E-state index contributed by atoms with van der Waals surface area (Å²) in [6.07, 6.45) is 0. The third kappa shape index (κ3) is 2.56. The number of hydrogen-bond donors (Lipinski definition) is 1.